The fourth-order valence-corrected chi connectivity index (χ4v) is 1.61. The minimum Gasteiger partial charge on any atom is -0.348 e. The molecule has 8 heteroatoms. The van der Waals surface area contributed by atoms with Crippen LogP contribution in [-0.2, 0) is 15.8 Å². The average molecular weight is 323 g/mol. The Balaban J connectivity index is 2.80. The number of alkyl halides is 3. The molecule has 2 amide bonds. The summed E-state index contributed by atoms with van der Waals surface area (Å²) in [6, 6.07) is 2.87. The quantitative estimate of drug-likeness (QED) is 0.840. The molecule has 0 bridgehead atoms. The number of hydrogen-bond acceptors (Lipinski definition) is 2. The molecule has 1 rings (SSSR count). The molecule has 0 atom stereocenters. The Labute approximate surface area is 124 Å². The number of benzene rings is 1. The maximum atomic E-state index is 12.7. The summed E-state index contributed by atoms with van der Waals surface area (Å²) in [4.78, 5) is 23.0. The molecule has 0 saturated heterocycles. The Morgan fingerprint density at radius 2 is 1.86 bits per heavy atom. The maximum Gasteiger partial charge on any atom is 0.417 e. The first-order valence-corrected chi connectivity index (χ1v) is 6.45. The third-order valence-electron chi connectivity index (χ3n) is 2.41. The van der Waals surface area contributed by atoms with Gasteiger partial charge in [-0.25, -0.2) is 0 Å². The molecular formula is C13H14ClF3N2O2. The SMILES string of the molecule is CC(C)CNC(=O)C(=O)Nc1ccc(Cl)c(C(F)(F)F)c1. The minimum absolute atomic E-state index is 0.147. The number of carbonyl (C=O) groups is 2. The van der Waals surface area contributed by atoms with Crippen LogP contribution in [0.25, 0.3) is 0 Å². The largest absolute Gasteiger partial charge is 0.417 e. The van der Waals surface area contributed by atoms with Crippen LogP contribution in [0, 0.1) is 5.92 Å². The van der Waals surface area contributed by atoms with Gasteiger partial charge in [-0.2, -0.15) is 13.2 Å². The molecule has 0 radical (unpaired) electrons. The first-order chi connectivity index (χ1) is 9.61. The molecule has 0 fully saturated rings. The van der Waals surface area contributed by atoms with E-state index >= 15 is 0 Å². The molecule has 4 nitrogen and oxygen atoms in total. The molecular weight excluding hydrogens is 309 g/mol. The number of hydrogen-bond donors (Lipinski definition) is 2. The van der Waals surface area contributed by atoms with Gasteiger partial charge < -0.3 is 10.6 Å². The summed E-state index contributed by atoms with van der Waals surface area (Å²) >= 11 is 5.45. The molecule has 0 unspecified atom stereocenters. The van der Waals surface area contributed by atoms with Crippen LogP contribution >= 0.6 is 11.6 Å². The van der Waals surface area contributed by atoms with Gasteiger partial charge >= 0.3 is 18.0 Å². The number of halogens is 4. The van der Waals surface area contributed by atoms with E-state index in [-0.39, 0.29) is 11.6 Å². The van der Waals surface area contributed by atoms with Gasteiger partial charge in [0.1, 0.15) is 0 Å². The van der Waals surface area contributed by atoms with E-state index in [0.717, 1.165) is 6.07 Å². The van der Waals surface area contributed by atoms with Gasteiger partial charge in [0.2, 0.25) is 0 Å². The van der Waals surface area contributed by atoms with E-state index in [9.17, 15) is 22.8 Å². The van der Waals surface area contributed by atoms with Gasteiger partial charge in [0.05, 0.1) is 10.6 Å². The molecule has 116 valence electrons. The Bertz CT molecular complexity index is 545. The number of amides is 2. The summed E-state index contributed by atoms with van der Waals surface area (Å²) in [5.74, 6) is -1.80. The Morgan fingerprint density at radius 3 is 2.38 bits per heavy atom. The second-order valence-electron chi connectivity index (χ2n) is 4.75. The first-order valence-electron chi connectivity index (χ1n) is 6.07. The van der Waals surface area contributed by atoms with E-state index in [0.29, 0.717) is 12.6 Å². The summed E-state index contributed by atoms with van der Waals surface area (Å²) in [7, 11) is 0. The van der Waals surface area contributed by atoms with Crippen LogP contribution in [0.3, 0.4) is 0 Å². The lowest BCUT2D eigenvalue weighted by Crippen LogP contribution is -2.37. The van der Waals surface area contributed by atoms with Crippen LogP contribution in [0.1, 0.15) is 19.4 Å². The third-order valence-corrected chi connectivity index (χ3v) is 2.74. The molecule has 0 aliphatic carbocycles. The van der Waals surface area contributed by atoms with E-state index in [1.54, 1.807) is 0 Å². The Hall–Kier alpha value is -1.76. The Morgan fingerprint density at radius 1 is 1.24 bits per heavy atom. The van der Waals surface area contributed by atoms with Gasteiger partial charge in [-0.15, -0.1) is 0 Å². The van der Waals surface area contributed by atoms with Crippen molar-refractivity contribution in [3.63, 3.8) is 0 Å². The molecule has 2 N–H and O–H groups in total. The zero-order valence-electron chi connectivity index (χ0n) is 11.3. The summed E-state index contributed by atoms with van der Waals surface area (Å²) in [5.41, 5.74) is -1.24. The van der Waals surface area contributed by atoms with Crippen molar-refractivity contribution in [1.82, 2.24) is 5.32 Å². The smallest absolute Gasteiger partial charge is 0.348 e. The van der Waals surface area contributed by atoms with Crippen LogP contribution in [0.2, 0.25) is 5.02 Å². The fourth-order valence-electron chi connectivity index (χ4n) is 1.39. The van der Waals surface area contributed by atoms with Crippen LogP contribution < -0.4 is 10.6 Å². The highest BCUT2D eigenvalue weighted by Crippen LogP contribution is 2.36. The van der Waals surface area contributed by atoms with Gasteiger partial charge in [-0.1, -0.05) is 25.4 Å². The van der Waals surface area contributed by atoms with Crippen molar-refractivity contribution < 1.29 is 22.8 Å². The lowest BCUT2D eigenvalue weighted by Gasteiger charge is -2.12. The molecule has 1 aromatic carbocycles. The zero-order valence-corrected chi connectivity index (χ0v) is 12.1. The predicted molar refractivity (Wildman–Crippen MR) is 72.9 cm³/mol. The van der Waals surface area contributed by atoms with Crippen molar-refractivity contribution in [1.29, 1.82) is 0 Å². The highest BCUT2D eigenvalue weighted by molar-refractivity contribution is 6.39. The van der Waals surface area contributed by atoms with E-state index in [2.05, 4.69) is 10.6 Å². The molecule has 0 heterocycles. The molecule has 1 aromatic rings. The van der Waals surface area contributed by atoms with E-state index < -0.39 is 28.6 Å². The molecule has 0 aliphatic heterocycles. The van der Waals surface area contributed by atoms with Crippen molar-refractivity contribution in [2.24, 2.45) is 5.92 Å². The first kappa shape index (κ1) is 17.3. The lowest BCUT2D eigenvalue weighted by molar-refractivity contribution is -0.137. The van der Waals surface area contributed by atoms with Crippen LogP contribution in [-0.4, -0.2) is 18.4 Å². The lowest BCUT2D eigenvalue weighted by atomic mass is 10.2. The number of nitrogens with one attached hydrogen (secondary N) is 2. The highest BCUT2D eigenvalue weighted by Gasteiger charge is 2.33. The monoisotopic (exact) mass is 322 g/mol. The summed E-state index contributed by atoms with van der Waals surface area (Å²) < 4.78 is 38.0. The van der Waals surface area contributed by atoms with E-state index in [1.165, 1.54) is 6.07 Å². The normalized spacial score (nSPS) is 11.4. The van der Waals surface area contributed by atoms with E-state index in [1.807, 2.05) is 13.8 Å². The molecule has 0 aliphatic rings. The zero-order chi connectivity index (χ0) is 16.2. The van der Waals surface area contributed by atoms with Crippen molar-refractivity contribution in [3.05, 3.63) is 28.8 Å². The van der Waals surface area contributed by atoms with Gasteiger partial charge in [0.25, 0.3) is 0 Å². The topological polar surface area (TPSA) is 58.2 Å². The van der Waals surface area contributed by atoms with Crippen molar-refractivity contribution in [3.8, 4) is 0 Å². The molecule has 0 saturated carbocycles. The van der Waals surface area contributed by atoms with Crippen molar-refractivity contribution in [2.45, 2.75) is 20.0 Å². The van der Waals surface area contributed by atoms with Gasteiger partial charge in [-0.3, -0.25) is 9.59 Å². The van der Waals surface area contributed by atoms with Gasteiger partial charge in [-0.05, 0) is 24.1 Å². The van der Waals surface area contributed by atoms with E-state index in [4.69, 9.17) is 11.6 Å². The summed E-state index contributed by atoms with van der Waals surface area (Å²) in [6.07, 6.45) is -4.64. The second kappa shape index (κ2) is 6.80. The fraction of sp³-hybridized carbons (Fsp3) is 0.385. The number of anilines is 1. The van der Waals surface area contributed by atoms with Crippen molar-refractivity contribution in [2.75, 3.05) is 11.9 Å². The van der Waals surface area contributed by atoms with Crippen molar-refractivity contribution >= 4 is 29.1 Å². The predicted octanol–water partition coefficient (Wildman–Crippen LogP) is 3.07. The summed E-state index contributed by atoms with van der Waals surface area (Å²) in [5, 5.41) is 3.97. The third kappa shape index (κ3) is 5.26. The van der Waals surface area contributed by atoms with Crippen LogP contribution in [0.4, 0.5) is 18.9 Å². The number of carbonyl (C=O) groups excluding carboxylic acids is 2. The molecule has 21 heavy (non-hydrogen) atoms. The average Bonchev–Trinajstić information content (AvgIpc) is 2.36. The molecule has 0 aromatic heterocycles. The molecule has 0 spiro atoms. The maximum absolute atomic E-state index is 12.7. The summed E-state index contributed by atoms with van der Waals surface area (Å²) in [6.45, 7) is 3.97. The second-order valence-corrected chi connectivity index (χ2v) is 5.16. The van der Waals surface area contributed by atoms with Crippen LogP contribution in [0.15, 0.2) is 18.2 Å². The van der Waals surface area contributed by atoms with Gasteiger partial charge in [0, 0.05) is 12.2 Å². The Kier molecular flexibility index (Phi) is 5.60. The minimum atomic E-state index is -4.64. The van der Waals surface area contributed by atoms with Gasteiger partial charge in [0.15, 0.2) is 0 Å². The van der Waals surface area contributed by atoms with Crippen LogP contribution in [0.5, 0.6) is 0 Å². The number of rotatable bonds is 3. The highest BCUT2D eigenvalue weighted by atomic mass is 35.5. The standard InChI is InChI=1S/C13H14ClF3N2O2/c1-7(2)6-18-11(20)12(21)19-8-3-4-10(14)9(5-8)13(15,16)17/h3-5,7H,6H2,1-2H3,(H,18,20)(H,19,21).